The molecule has 0 radical (unpaired) electrons. The summed E-state index contributed by atoms with van der Waals surface area (Å²) in [5.41, 5.74) is 2.34. The minimum Gasteiger partial charge on any atom is -0.345 e. The Morgan fingerprint density at radius 2 is 1.96 bits per heavy atom. The number of hydrogen-bond acceptors (Lipinski definition) is 1. The van der Waals surface area contributed by atoms with E-state index in [-0.39, 0.29) is 5.91 Å². The van der Waals surface area contributed by atoms with E-state index in [0.29, 0.717) is 13.0 Å². The lowest BCUT2D eigenvalue weighted by atomic mass is 10.2. The highest BCUT2D eigenvalue weighted by atomic mass is 35.5. The molecular formula is C21H29ClN2O. The van der Waals surface area contributed by atoms with Crippen LogP contribution in [0, 0.1) is 0 Å². The predicted octanol–water partition coefficient (Wildman–Crippen LogP) is 5.51. The Hall–Kier alpha value is -1.74. The van der Waals surface area contributed by atoms with Crippen LogP contribution in [0.2, 0.25) is 5.02 Å². The van der Waals surface area contributed by atoms with Gasteiger partial charge in [-0.3, -0.25) is 4.79 Å². The lowest BCUT2D eigenvalue weighted by molar-refractivity contribution is -0.132. The standard InChI is InChI=1S/C21H29ClN2O/c1-3-5-6-13-24(21(25)9-4-2)17-20-12-8-14-23(20)16-18-10-7-11-19(22)15-18/h7-8,10-12,14-15H,3-6,9,13,16-17H2,1-2H3. The maximum Gasteiger partial charge on any atom is 0.222 e. The van der Waals surface area contributed by atoms with Gasteiger partial charge in [-0.2, -0.15) is 0 Å². The van der Waals surface area contributed by atoms with Gasteiger partial charge in [0.1, 0.15) is 0 Å². The largest absolute Gasteiger partial charge is 0.345 e. The summed E-state index contributed by atoms with van der Waals surface area (Å²) in [5, 5.41) is 0.755. The van der Waals surface area contributed by atoms with Gasteiger partial charge < -0.3 is 9.47 Å². The van der Waals surface area contributed by atoms with E-state index in [4.69, 9.17) is 11.6 Å². The number of aromatic nitrogens is 1. The summed E-state index contributed by atoms with van der Waals surface area (Å²) < 4.78 is 2.21. The third-order valence-electron chi connectivity index (χ3n) is 4.37. The monoisotopic (exact) mass is 360 g/mol. The minimum absolute atomic E-state index is 0.258. The molecule has 0 aliphatic carbocycles. The Morgan fingerprint density at radius 3 is 2.68 bits per heavy atom. The molecule has 0 aliphatic rings. The topological polar surface area (TPSA) is 25.2 Å². The van der Waals surface area contributed by atoms with E-state index < -0.39 is 0 Å². The Morgan fingerprint density at radius 1 is 1.12 bits per heavy atom. The zero-order valence-corrected chi connectivity index (χ0v) is 16.1. The maximum absolute atomic E-state index is 12.5. The van der Waals surface area contributed by atoms with Crippen molar-refractivity contribution in [3.05, 3.63) is 58.9 Å². The Kier molecular flexibility index (Phi) is 8.07. The summed E-state index contributed by atoms with van der Waals surface area (Å²) in [6.07, 6.45) is 7.00. The van der Waals surface area contributed by atoms with Crippen LogP contribution < -0.4 is 0 Å². The van der Waals surface area contributed by atoms with E-state index in [1.165, 1.54) is 24.1 Å². The van der Waals surface area contributed by atoms with E-state index >= 15 is 0 Å². The first-order valence-corrected chi connectivity index (χ1v) is 9.68. The van der Waals surface area contributed by atoms with Crippen molar-refractivity contribution in [3.63, 3.8) is 0 Å². The fourth-order valence-corrected chi connectivity index (χ4v) is 3.20. The summed E-state index contributed by atoms with van der Waals surface area (Å²) in [5.74, 6) is 0.258. The molecular weight excluding hydrogens is 332 g/mol. The average Bonchev–Trinajstić information content (AvgIpc) is 3.01. The van der Waals surface area contributed by atoms with Crippen molar-refractivity contribution in [2.24, 2.45) is 0 Å². The van der Waals surface area contributed by atoms with E-state index in [0.717, 1.165) is 31.0 Å². The van der Waals surface area contributed by atoms with Gasteiger partial charge >= 0.3 is 0 Å². The summed E-state index contributed by atoms with van der Waals surface area (Å²) >= 11 is 6.09. The number of amides is 1. The van der Waals surface area contributed by atoms with Gasteiger partial charge in [-0.25, -0.2) is 0 Å². The molecule has 0 saturated heterocycles. The Bertz CT molecular complexity index is 665. The van der Waals surface area contributed by atoms with Crippen LogP contribution in [0.4, 0.5) is 0 Å². The van der Waals surface area contributed by atoms with Crippen LogP contribution in [-0.2, 0) is 17.9 Å². The molecule has 1 aromatic carbocycles. The molecule has 1 aromatic heterocycles. The van der Waals surface area contributed by atoms with Gasteiger partial charge in [0.2, 0.25) is 5.91 Å². The number of nitrogens with zero attached hydrogens (tertiary/aromatic N) is 2. The van der Waals surface area contributed by atoms with Crippen LogP contribution in [-0.4, -0.2) is 21.9 Å². The predicted molar refractivity (Wildman–Crippen MR) is 105 cm³/mol. The van der Waals surface area contributed by atoms with Crippen molar-refractivity contribution in [1.29, 1.82) is 0 Å². The Labute approximate surface area is 156 Å². The van der Waals surface area contributed by atoms with Crippen molar-refractivity contribution in [2.45, 2.75) is 59.0 Å². The number of carbonyl (C=O) groups is 1. The molecule has 0 bridgehead atoms. The van der Waals surface area contributed by atoms with E-state index in [1.54, 1.807) is 0 Å². The highest BCUT2D eigenvalue weighted by Gasteiger charge is 2.14. The lowest BCUT2D eigenvalue weighted by Crippen LogP contribution is -2.32. The lowest BCUT2D eigenvalue weighted by Gasteiger charge is -2.23. The minimum atomic E-state index is 0.258. The first kappa shape index (κ1) is 19.6. The van der Waals surface area contributed by atoms with Gasteiger partial charge in [-0.05, 0) is 42.7 Å². The molecule has 0 fully saturated rings. The van der Waals surface area contributed by atoms with E-state index in [9.17, 15) is 4.79 Å². The second-order valence-corrected chi connectivity index (χ2v) is 6.97. The van der Waals surface area contributed by atoms with Gasteiger partial charge in [0.05, 0.1) is 6.54 Å². The summed E-state index contributed by atoms with van der Waals surface area (Å²) in [4.78, 5) is 14.5. The number of benzene rings is 1. The number of halogens is 1. The molecule has 136 valence electrons. The van der Waals surface area contributed by atoms with E-state index in [1.807, 2.05) is 23.1 Å². The van der Waals surface area contributed by atoms with Crippen LogP contribution in [0.1, 0.15) is 57.2 Å². The van der Waals surface area contributed by atoms with Crippen molar-refractivity contribution in [3.8, 4) is 0 Å². The fourth-order valence-electron chi connectivity index (χ4n) is 2.99. The molecule has 2 rings (SSSR count). The first-order chi connectivity index (χ1) is 12.1. The number of carbonyl (C=O) groups excluding carboxylic acids is 1. The molecule has 0 aliphatic heterocycles. The first-order valence-electron chi connectivity index (χ1n) is 9.30. The third kappa shape index (κ3) is 6.24. The molecule has 3 nitrogen and oxygen atoms in total. The summed E-state index contributed by atoms with van der Waals surface area (Å²) in [7, 11) is 0. The normalized spacial score (nSPS) is 10.8. The molecule has 2 aromatic rings. The van der Waals surface area contributed by atoms with Crippen molar-refractivity contribution >= 4 is 17.5 Å². The van der Waals surface area contributed by atoms with Gasteiger partial charge in [0.25, 0.3) is 0 Å². The van der Waals surface area contributed by atoms with E-state index in [2.05, 4.69) is 42.8 Å². The zero-order chi connectivity index (χ0) is 18.1. The van der Waals surface area contributed by atoms with Crippen molar-refractivity contribution in [1.82, 2.24) is 9.47 Å². The number of hydrogen-bond donors (Lipinski definition) is 0. The molecule has 0 atom stereocenters. The summed E-state index contributed by atoms with van der Waals surface area (Å²) in [6.45, 7) is 6.54. The van der Waals surface area contributed by atoms with Crippen LogP contribution in [0.3, 0.4) is 0 Å². The Balaban J connectivity index is 2.08. The highest BCUT2D eigenvalue weighted by Crippen LogP contribution is 2.15. The van der Waals surface area contributed by atoms with Crippen molar-refractivity contribution in [2.75, 3.05) is 6.54 Å². The van der Waals surface area contributed by atoms with Gasteiger partial charge in [0.15, 0.2) is 0 Å². The highest BCUT2D eigenvalue weighted by molar-refractivity contribution is 6.30. The summed E-state index contributed by atoms with van der Waals surface area (Å²) in [6, 6.07) is 12.1. The van der Waals surface area contributed by atoms with Crippen LogP contribution in [0.5, 0.6) is 0 Å². The van der Waals surface area contributed by atoms with Crippen molar-refractivity contribution < 1.29 is 4.79 Å². The van der Waals surface area contributed by atoms with Gasteiger partial charge in [-0.1, -0.05) is 50.4 Å². The van der Waals surface area contributed by atoms with Gasteiger partial charge in [0, 0.05) is 36.4 Å². The second-order valence-electron chi connectivity index (χ2n) is 6.53. The quantitative estimate of drug-likeness (QED) is 0.513. The average molecular weight is 361 g/mol. The number of unbranched alkanes of at least 4 members (excludes halogenated alkanes) is 2. The number of rotatable bonds is 10. The third-order valence-corrected chi connectivity index (χ3v) is 4.60. The molecule has 0 saturated carbocycles. The molecule has 1 amide bonds. The van der Waals surface area contributed by atoms with Crippen LogP contribution in [0.25, 0.3) is 0 Å². The SMILES string of the molecule is CCCCCN(Cc1cccn1Cc1cccc(Cl)c1)C(=O)CCC. The fraction of sp³-hybridized carbons (Fsp3) is 0.476. The molecule has 0 N–H and O–H groups in total. The molecule has 25 heavy (non-hydrogen) atoms. The molecule has 0 spiro atoms. The van der Waals surface area contributed by atoms with Crippen LogP contribution >= 0.6 is 11.6 Å². The molecule has 0 unspecified atom stereocenters. The molecule has 1 heterocycles. The smallest absolute Gasteiger partial charge is 0.222 e. The maximum atomic E-state index is 12.5. The molecule has 4 heteroatoms. The second kappa shape index (κ2) is 10.3. The zero-order valence-electron chi connectivity index (χ0n) is 15.4. The van der Waals surface area contributed by atoms with Crippen LogP contribution in [0.15, 0.2) is 42.6 Å². The van der Waals surface area contributed by atoms with Gasteiger partial charge in [-0.15, -0.1) is 0 Å².